The van der Waals surface area contributed by atoms with Gasteiger partial charge in [0.05, 0.1) is 32.3 Å². The third-order valence-corrected chi connectivity index (χ3v) is 5.76. The van der Waals surface area contributed by atoms with Crippen molar-refractivity contribution in [3.05, 3.63) is 47.6 Å². The van der Waals surface area contributed by atoms with Crippen molar-refractivity contribution in [1.29, 1.82) is 0 Å². The molecule has 0 bridgehead atoms. The molecular weight excluding hydrogens is 308 g/mol. The van der Waals surface area contributed by atoms with Gasteiger partial charge < -0.3 is 13.9 Å². The van der Waals surface area contributed by atoms with Crippen molar-refractivity contribution >= 4 is 11.6 Å². The summed E-state index contributed by atoms with van der Waals surface area (Å²) >= 11 is 0. The van der Waals surface area contributed by atoms with Crippen LogP contribution in [-0.2, 0) is 19.1 Å². The minimum atomic E-state index is -0.689. The van der Waals surface area contributed by atoms with Gasteiger partial charge in [0, 0.05) is 23.0 Å². The number of ketones is 2. The zero-order chi connectivity index (χ0) is 16.9. The topological polar surface area (TPSA) is 65.7 Å². The van der Waals surface area contributed by atoms with E-state index in [0.717, 1.165) is 11.1 Å². The summed E-state index contributed by atoms with van der Waals surface area (Å²) in [6.45, 7) is 2.39. The number of rotatable bonds is 2. The third-order valence-electron chi connectivity index (χ3n) is 5.76. The Kier molecular flexibility index (Phi) is 3.49. The van der Waals surface area contributed by atoms with E-state index in [1.165, 1.54) is 13.2 Å². The number of fused-ring (bicyclic) bond motifs is 3. The van der Waals surface area contributed by atoms with Crippen molar-refractivity contribution in [3.63, 3.8) is 0 Å². The molecule has 3 aliphatic rings. The second-order valence-electron chi connectivity index (χ2n) is 7.02. The van der Waals surface area contributed by atoms with Gasteiger partial charge in [-0.3, -0.25) is 9.59 Å². The summed E-state index contributed by atoms with van der Waals surface area (Å²) in [6, 6.07) is 1.88. The SMILES string of the molecule is COC1=CC(=O)[C@]2(C)CC=C3CO[C@@H](c4ccoc4)C[C@@H]3[C@H]2C1=O. The number of carbonyl (C=O) groups is 2. The van der Waals surface area contributed by atoms with E-state index in [0.29, 0.717) is 19.4 Å². The maximum absolute atomic E-state index is 13.0. The predicted molar refractivity (Wildman–Crippen MR) is 84.9 cm³/mol. The van der Waals surface area contributed by atoms with Gasteiger partial charge in [-0.2, -0.15) is 0 Å². The predicted octanol–water partition coefficient (Wildman–Crippen LogP) is 2.99. The average Bonchev–Trinajstić information content (AvgIpc) is 3.12. The molecule has 0 unspecified atom stereocenters. The van der Waals surface area contributed by atoms with E-state index in [1.807, 2.05) is 13.0 Å². The molecular formula is C19H20O5. The lowest BCUT2D eigenvalue weighted by Crippen LogP contribution is -2.51. The van der Waals surface area contributed by atoms with Crippen LogP contribution in [0.15, 0.2) is 46.5 Å². The van der Waals surface area contributed by atoms with Gasteiger partial charge in [0.15, 0.2) is 11.5 Å². The molecule has 4 rings (SSSR count). The first kappa shape index (κ1) is 15.4. The Hall–Kier alpha value is -2.14. The average molecular weight is 328 g/mol. The number of hydrogen-bond donors (Lipinski definition) is 0. The summed E-state index contributed by atoms with van der Waals surface area (Å²) < 4.78 is 16.3. The molecule has 2 heterocycles. The van der Waals surface area contributed by atoms with E-state index in [9.17, 15) is 9.59 Å². The van der Waals surface area contributed by atoms with E-state index < -0.39 is 5.41 Å². The van der Waals surface area contributed by atoms with E-state index in [4.69, 9.17) is 13.9 Å². The van der Waals surface area contributed by atoms with E-state index >= 15 is 0 Å². The summed E-state index contributed by atoms with van der Waals surface area (Å²) in [5.41, 5.74) is 1.40. The zero-order valence-electron chi connectivity index (χ0n) is 13.8. The quantitative estimate of drug-likeness (QED) is 0.781. The van der Waals surface area contributed by atoms with Crippen molar-refractivity contribution in [3.8, 4) is 0 Å². The van der Waals surface area contributed by atoms with Gasteiger partial charge in [-0.25, -0.2) is 0 Å². The molecule has 4 atom stereocenters. The van der Waals surface area contributed by atoms with Gasteiger partial charge in [-0.05, 0) is 30.4 Å². The Balaban J connectivity index is 1.72. The number of allylic oxidation sites excluding steroid dienone is 3. The molecule has 0 amide bonds. The summed E-state index contributed by atoms with van der Waals surface area (Å²) in [6.07, 6.45) is 7.87. The van der Waals surface area contributed by atoms with Crippen LogP contribution in [0.2, 0.25) is 0 Å². The molecule has 24 heavy (non-hydrogen) atoms. The summed E-state index contributed by atoms with van der Waals surface area (Å²) in [4.78, 5) is 25.6. The molecule has 5 heteroatoms. The lowest BCUT2D eigenvalue weighted by Gasteiger charge is -2.48. The van der Waals surface area contributed by atoms with Gasteiger partial charge in [-0.1, -0.05) is 13.0 Å². The number of Topliss-reactive ketones (excluding diaryl/α,β-unsaturated/α-hetero) is 1. The molecule has 0 radical (unpaired) electrons. The van der Waals surface area contributed by atoms with Crippen LogP contribution in [0.5, 0.6) is 0 Å². The van der Waals surface area contributed by atoms with Gasteiger partial charge in [0.1, 0.15) is 0 Å². The fourth-order valence-electron chi connectivity index (χ4n) is 4.31. The van der Waals surface area contributed by atoms with Crippen molar-refractivity contribution in [2.24, 2.45) is 17.3 Å². The first-order valence-electron chi connectivity index (χ1n) is 8.21. The Labute approximate surface area is 140 Å². The number of carbonyl (C=O) groups excluding carboxylic acids is 2. The highest BCUT2D eigenvalue weighted by molar-refractivity contribution is 6.11. The number of methoxy groups -OCH3 is 1. The minimum Gasteiger partial charge on any atom is -0.493 e. The molecule has 1 aromatic rings. The van der Waals surface area contributed by atoms with Crippen LogP contribution in [0.3, 0.4) is 0 Å². The van der Waals surface area contributed by atoms with Gasteiger partial charge in [0.25, 0.3) is 0 Å². The Bertz CT molecular complexity index is 742. The summed E-state index contributed by atoms with van der Waals surface area (Å²) in [5, 5.41) is 0. The molecule has 1 aromatic heterocycles. The molecule has 0 saturated carbocycles. The molecule has 5 nitrogen and oxygen atoms in total. The van der Waals surface area contributed by atoms with Gasteiger partial charge >= 0.3 is 0 Å². The largest absolute Gasteiger partial charge is 0.493 e. The molecule has 2 aliphatic carbocycles. The standard InChI is InChI=1S/C19H20O5/c1-19-5-3-11-10-24-14(12-4-6-23-9-12)7-13(11)17(19)18(21)15(22-2)8-16(19)20/h3-4,6,8-9,13-14,17H,5,7,10H2,1-2H3/t13-,14+,17-,19-/m0/s1. The Morgan fingerprint density at radius 1 is 1.33 bits per heavy atom. The lowest BCUT2D eigenvalue weighted by atomic mass is 9.56. The highest BCUT2D eigenvalue weighted by Gasteiger charge is 2.55. The molecule has 126 valence electrons. The van der Waals surface area contributed by atoms with Crippen LogP contribution in [-0.4, -0.2) is 25.3 Å². The van der Waals surface area contributed by atoms with Crippen LogP contribution >= 0.6 is 0 Å². The first-order valence-corrected chi connectivity index (χ1v) is 8.21. The second kappa shape index (κ2) is 5.45. The normalized spacial score (nSPS) is 35.7. The third kappa shape index (κ3) is 2.11. The van der Waals surface area contributed by atoms with Gasteiger partial charge in [0.2, 0.25) is 5.78 Å². The number of ether oxygens (including phenoxy) is 2. The van der Waals surface area contributed by atoms with Crippen molar-refractivity contribution in [1.82, 2.24) is 0 Å². The van der Waals surface area contributed by atoms with Crippen molar-refractivity contribution < 1.29 is 23.5 Å². The summed E-state index contributed by atoms with van der Waals surface area (Å²) in [7, 11) is 1.44. The van der Waals surface area contributed by atoms with Crippen LogP contribution in [0.1, 0.15) is 31.4 Å². The van der Waals surface area contributed by atoms with E-state index in [-0.39, 0.29) is 35.3 Å². The van der Waals surface area contributed by atoms with Crippen molar-refractivity contribution in [2.75, 3.05) is 13.7 Å². The first-order chi connectivity index (χ1) is 11.5. The fourth-order valence-corrected chi connectivity index (χ4v) is 4.31. The molecule has 0 spiro atoms. The second-order valence-corrected chi connectivity index (χ2v) is 7.02. The molecule has 1 saturated heterocycles. The lowest BCUT2D eigenvalue weighted by molar-refractivity contribution is -0.143. The highest BCUT2D eigenvalue weighted by atomic mass is 16.5. The van der Waals surface area contributed by atoms with Crippen LogP contribution in [0.4, 0.5) is 0 Å². The van der Waals surface area contributed by atoms with Crippen LogP contribution in [0, 0.1) is 17.3 Å². The van der Waals surface area contributed by atoms with Crippen molar-refractivity contribution in [2.45, 2.75) is 25.9 Å². The fraction of sp³-hybridized carbons (Fsp3) is 0.474. The van der Waals surface area contributed by atoms with E-state index in [2.05, 4.69) is 6.08 Å². The Morgan fingerprint density at radius 3 is 2.88 bits per heavy atom. The maximum Gasteiger partial charge on any atom is 0.202 e. The van der Waals surface area contributed by atoms with Crippen LogP contribution < -0.4 is 0 Å². The highest BCUT2D eigenvalue weighted by Crippen LogP contribution is 2.53. The molecule has 1 fully saturated rings. The number of furan rings is 1. The van der Waals surface area contributed by atoms with Crippen LogP contribution in [0.25, 0.3) is 0 Å². The smallest absolute Gasteiger partial charge is 0.202 e. The molecule has 0 aromatic carbocycles. The minimum absolute atomic E-state index is 0.00676. The monoisotopic (exact) mass is 328 g/mol. The van der Waals surface area contributed by atoms with Gasteiger partial charge in [-0.15, -0.1) is 0 Å². The maximum atomic E-state index is 13.0. The molecule has 1 aliphatic heterocycles. The summed E-state index contributed by atoms with van der Waals surface area (Å²) in [5.74, 6) is -0.306. The zero-order valence-corrected chi connectivity index (χ0v) is 13.8. The van der Waals surface area contributed by atoms with E-state index in [1.54, 1.807) is 12.5 Å². The Morgan fingerprint density at radius 2 is 2.17 bits per heavy atom. The molecule has 0 N–H and O–H groups in total. The number of hydrogen-bond acceptors (Lipinski definition) is 5.